The van der Waals surface area contributed by atoms with Gasteiger partial charge in [-0.15, -0.1) is 11.6 Å². The minimum atomic E-state index is -3.40. The molecular formula is C10H16ClN3O2S. The zero-order valence-corrected chi connectivity index (χ0v) is 11.0. The van der Waals surface area contributed by atoms with Gasteiger partial charge in [-0.2, -0.15) is 4.31 Å². The van der Waals surface area contributed by atoms with Crippen LogP contribution in [0.15, 0.2) is 17.6 Å². The molecule has 1 N–H and O–H groups in total. The van der Waals surface area contributed by atoms with Crippen LogP contribution in [0.25, 0.3) is 0 Å². The quantitative estimate of drug-likeness (QED) is 0.831. The summed E-state index contributed by atoms with van der Waals surface area (Å²) in [6, 6.07) is 0.0852. The van der Waals surface area contributed by atoms with Crippen LogP contribution in [0.2, 0.25) is 0 Å². The van der Waals surface area contributed by atoms with Crippen LogP contribution in [0.3, 0.4) is 0 Å². The average molecular weight is 278 g/mol. The van der Waals surface area contributed by atoms with E-state index in [1.54, 1.807) is 4.31 Å². The van der Waals surface area contributed by atoms with Crippen molar-refractivity contribution < 1.29 is 8.42 Å². The molecule has 0 spiro atoms. The number of alkyl halides is 1. The van der Waals surface area contributed by atoms with E-state index in [1.165, 1.54) is 12.5 Å². The van der Waals surface area contributed by atoms with Gasteiger partial charge in [-0.05, 0) is 25.7 Å². The Morgan fingerprint density at radius 3 is 3.06 bits per heavy atom. The van der Waals surface area contributed by atoms with E-state index in [2.05, 4.69) is 9.97 Å². The highest BCUT2D eigenvalue weighted by atomic mass is 35.5. The second-order valence-electron chi connectivity index (χ2n) is 4.16. The SMILES string of the molecule is O=S(=O)(c1cnc[nH]1)N1CCCC1CCCCl. The second-order valence-corrected chi connectivity index (χ2v) is 6.40. The largest absolute Gasteiger partial charge is 0.335 e. The smallest absolute Gasteiger partial charge is 0.260 e. The van der Waals surface area contributed by atoms with E-state index in [9.17, 15) is 8.42 Å². The molecule has 17 heavy (non-hydrogen) atoms. The van der Waals surface area contributed by atoms with E-state index < -0.39 is 10.0 Å². The first kappa shape index (κ1) is 12.9. The van der Waals surface area contributed by atoms with Gasteiger partial charge in [0.25, 0.3) is 10.0 Å². The minimum Gasteiger partial charge on any atom is -0.335 e. The number of hydrogen-bond acceptors (Lipinski definition) is 3. The summed E-state index contributed by atoms with van der Waals surface area (Å²) in [5.41, 5.74) is 0. The van der Waals surface area contributed by atoms with E-state index in [0.717, 1.165) is 25.7 Å². The fourth-order valence-electron chi connectivity index (χ4n) is 2.24. The van der Waals surface area contributed by atoms with Crippen molar-refractivity contribution >= 4 is 21.6 Å². The zero-order valence-electron chi connectivity index (χ0n) is 9.47. The fraction of sp³-hybridized carbons (Fsp3) is 0.700. The highest BCUT2D eigenvalue weighted by Gasteiger charge is 2.35. The van der Waals surface area contributed by atoms with E-state index in [1.807, 2.05) is 0 Å². The summed E-state index contributed by atoms with van der Waals surface area (Å²) in [5.74, 6) is 0.578. The van der Waals surface area contributed by atoms with Gasteiger partial charge in [-0.25, -0.2) is 13.4 Å². The zero-order chi connectivity index (χ0) is 12.3. The molecule has 0 saturated carbocycles. The molecule has 0 amide bonds. The normalized spacial score (nSPS) is 22.1. The molecule has 2 heterocycles. The van der Waals surface area contributed by atoms with Gasteiger partial charge in [0.1, 0.15) is 0 Å². The maximum absolute atomic E-state index is 12.3. The first-order chi connectivity index (χ1) is 8.16. The van der Waals surface area contributed by atoms with E-state index in [0.29, 0.717) is 12.4 Å². The molecule has 2 rings (SSSR count). The van der Waals surface area contributed by atoms with Crippen LogP contribution >= 0.6 is 11.6 Å². The first-order valence-electron chi connectivity index (χ1n) is 5.72. The van der Waals surface area contributed by atoms with Gasteiger partial charge in [0.2, 0.25) is 0 Å². The number of imidazole rings is 1. The van der Waals surface area contributed by atoms with Crippen molar-refractivity contribution in [2.24, 2.45) is 0 Å². The van der Waals surface area contributed by atoms with Crippen molar-refractivity contribution in [1.82, 2.24) is 14.3 Å². The molecule has 5 nitrogen and oxygen atoms in total. The number of sulfonamides is 1. The van der Waals surface area contributed by atoms with Gasteiger partial charge in [0, 0.05) is 18.5 Å². The van der Waals surface area contributed by atoms with Crippen molar-refractivity contribution in [3.8, 4) is 0 Å². The van der Waals surface area contributed by atoms with Gasteiger partial charge in [0.05, 0.1) is 12.5 Å². The molecule has 1 atom stereocenters. The number of halogens is 1. The summed E-state index contributed by atoms with van der Waals surface area (Å²) in [7, 11) is -3.40. The van der Waals surface area contributed by atoms with Crippen LogP contribution in [0.4, 0.5) is 0 Å². The summed E-state index contributed by atoms with van der Waals surface area (Å²) in [5, 5.41) is 0.176. The lowest BCUT2D eigenvalue weighted by atomic mass is 10.1. The van der Waals surface area contributed by atoms with Crippen LogP contribution in [0, 0.1) is 0 Å². The molecule has 1 aliphatic heterocycles. The van der Waals surface area contributed by atoms with Crippen molar-refractivity contribution in [2.75, 3.05) is 12.4 Å². The summed E-state index contributed by atoms with van der Waals surface area (Å²) in [4.78, 5) is 6.43. The number of hydrogen-bond donors (Lipinski definition) is 1. The van der Waals surface area contributed by atoms with Crippen LogP contribution in [0.1, 0.15) is 25.7 Å². The third kappa shape index (κ3) is 2.64. The predicted octanol–water partition coefficient (Wildman–Crippen LogP) is 1.58. The van der Waals surface area contributed by atoms with Crippen LogP contribution in [-0.4, -0.2) is 41.2 Å². The van der Waals surface area contributed by atoms with Gasteiger partial charge in [-0.1, -0.05) is 0 Å². The summed E-state index contributed by atoms with van der Waals surface area (Å²) >= 11 is 5.66. The maximum Gasteiger partial charge on any atom is 0.260 e. The lowest BCUT2D eigenvalue weighted by molar-refractivity contribution is 0.367. The molecule has 1 aromatic rings. The molecule has 96 valence electrons. The molecule has 1 saturated heterocycles. The molecule has 0 bridgehead atoms. The minimum absolute atomic E-state index is 0.0852. The van der Waals surface area contributed by atoms with Gasteiger partial charge < -0.3 is 4.98 Å². The third-order valence-electron chi connectivity index (χ3n) is 3.05. The van der Waals surface area contributed by atoms with Crippen molar-refractivity contribution in [3.63, 3.8) is 0 Å². The lowest BCUT2D eigenvalue weighted by Gasteiger charge is -2.22. The van der Waals surface area contributed by atoms with Gasteiger partial charge >= 0.3 is 0 Å². The van der Waals surface area contributed by atoms with Crippen molar-refractivity contribution in [2.45, 2.75) is 36.8 Å². The van der Waals surface area contributed by atoms with Crippen LogP contribution in [0.5, 0.6) is 0 Å². The number of aromatic amines is 1. The number of nitrogens with zero attached hydrogens (tertiary/aromatic N) is 2. The Kier molecular flexibility index (Phi) is 4.06. The highest BCUT2D eigenvalue weighted by Crippen LogP contribution is 2.27. The predicted molar refractivity (Wildman–Crippen MR) is 65.5 cm³/mol. The topological polar surface area (TPSA) is 66.1 Å². The first-order valence-corrected chi connectivity index (χ1v) is 7.70. The lowest BCUT2D eigenvalue weighted by Crippen LogP contribution is -2.35. The van der Waals surface area contributed by atoms with Gasteiger partial charge in [0.15, 0.2) is 5.03 Å². The molecule has 1 aliphatic rings. The summed E-state index contributed by atoms with van der Waals surface area (Å²) < 4.78 is 26.2. The molecule has 1 unspecified atom stereocenters. The van der Waals surface area contributed by atoms with Crippen molar-refractivity contribution in [3.05, 3.63) is 12.5 Å². The molecule has 1 fully saturated rings. The maximum atomic E-state index is 12.3. The molecule has 0 aromatic carbocycles. The Morgan fingerprint density at radius 1 is 1.59 bits per heavy atom. The number of rotatable bonds is 5. The van der Waals surface area contributed by atoms with E-state index in [-0.39, 0.29) is 11.1 Å². The van der Waals surface area contributed by atoms with Gasteiger partial charge in [-0.3, -0.25) is 0 Å². The monoisotopic (exact) mass is 277 g/mol. The molecule has 7 heteroatoms. The van der Waals surface area contributed by atoms with Crippen molar-refractivity contribution in [1.29, 1.82) is 0 Å². The third-order valence-corrected chi connectivity index (χ3v) is 5.20. The molecule has 0 aliphatic carbocycles. The number of nitrogens with one attached hydrogen (secondary N) is 1. The Balaban J connectivity index is 2.15. The molecular weight excluding hydrogens is 262 g/mol. The van der Waals surface area contributed by atoms with E-state index in [4.69, 9.17) is 11.6 Å². The fourth-order valence-corrected chi connectivity index (χ4v) is 4.01. The Labute approximate surface area is 106 Å². The Morgan fingerprint density at radius 2 is 2.41 bits per heavy atom. The number of H-pyrrole nitrogens is 1. The van der Waals surface area contributed by atoms with Crippen LogP contribution < -0.4 is 0 Å². The molecule has 0 radical (unpaired) electrons. The summed E-state index contributed by atoms with van der Waals surface area (Å²) in [6.07, 6.45) is 6.26. The Hall–Kier alpha value is -0.590. The average Bonchev–Trinajstić information content (AvgIpc) is 2.97. The van der Waals surface area contributed by atoms with Crippen LogP contribution in [-0.2, 0) is 10.0 Å². The van der Waals surface area contributed by atoms with E-state index >= 15 is 0 Å². The molecule has 1 aromatic heterocycles. The number of aromatic nitrogens is 2. The highest BCUT2D eigenvalue weighted by molar-refractivity contribution is 7.89. The Bertz CT molecular complexity index is 446. The standard InChI is InChI=1S/C10H16ClN3O2S/c11-5-1-3-9-4-2-6-14(9)17(15,16)10-7-12-8-13-10/h7-9H,1-6H2,(H,12,13). The summed E-state index contributed by atoms with van der Waals surface area (Å²) in [6.45, 7) is 0.592. The second kappa shape index (κ2) is 5.37.